The number of hydrogen-bond acceptors (Lipinski definition) is 3. The van der Waals surface area contributed by atoms with Gasteiger partial charge in [-0.2, -0.15) is 0 Å². The molecule has 1 amide bonds. The number of benzene rings is 1. The molecule has 2 aliphatic heterocycles. The van der Waals surface area contributed by atoms with Crippen LogP contribution in [0, 0.1) is 11.8 Å². The van der Waals surface area contributed by atoms with E-state index in [9.17, 15) is 14.4 Å². The molecule has 0 radical (unpaired) electrons. The number of aromatic nitrogens is 1. The van der Waals surface area contributed by atoms with Gasteiger partial charge in [0.05, 0.1) is 5.92 Å². The molecule has 2 fully saturated rings. The van der Waals surface area contributed by atoms with E-state index in [1.807, 2.05) is 28.5 Å². The lowest BCUT2D eigenvalue weighted by Crippen LogP contribution is -2.50. The summed E-state index contributed by atoms with van der Waals surface area (Å²) in [4.78, 5) is 39.5. The highest BCUT2D eigenvalue weighted by molar-refractivity contribution is 5.84. The smallest absolute Gasteiger partial charge is 0.250 e. The molecule has 1 aromatic carbocycles. The molecule has 5 nitrogen and oxygen atoms in total. The maximum atomic E-state index is 13.3. The van der Waals surface area contributed by atoms with Gasteiger partial charge < -0.3 is 9.47 Å². The highest BCUT2D eigenvalue weighted by atomic mass is 16.2. The first-order valence-electron chi connectivity index (χ1n) is 11.6. The third-order valence-electron chi connectivity index (χ3n) is 7.55. The summed E-state index contributed by atoms with van der Waals surface area (Å²) in [5, 5.41) is 0. The third kappa shape index (κ3) is 3.86. The number of rotatable bonds is 4. The molecule has 0 spiro atoms. The average molecular weight is 419 g/mol. The Kier molecular flexibility index (Phi) is 5.28. The van der Waals surface area contributed by atoms with E-state index in [4.69, 9.17) is 0 Å². The molecular formula is C26H30N2O3. The fraction of sp³-hybridized carbons (Fsp3) is 0.500. The molecule has 3 heterocycles. The number of hydrogen-bond donors (Lipinski definition) is 0. The van der Waals surface area contributed by atoms with Crippen molar-refractivity contribution in [3.8, 4) is 0 Å². The molecule has 0 N–H and O–H groups in total. The topological polar surface area (TPSA) is 59.4 Å². The van der Waals surface area contributed by atoms with Crippen molar-refractivity contribution in [1.82, 2.24) is 9.47 Å². The second-order valence-corrected chi connectivity index (χ2v) is 9.66. The van der Waals surface area contributed by atoms with Crippen LogP contribution in [0.3, 0.4) is 0 Å². The highest BCUT2D eigenvalue weighted by Gasteiger charge is 2.37. The van der Waals surface area contributed by atoms with Gasteiger partial charge in [-0.25, -0.2) is 0 Å². The van der Waals surface area contributed by atoms with Crippen molar-refractivity contribution in [2.24, 2.45) is 11.8 Å². The summed E-state index contributed by atoms with van der Waals surface area (Å²) in [6, 6.07) is 13.8. The SMILES string of the molecule is CC(C(=O)N1C[C@H]2C[C@@H](C1)c1cccc(=O)n1C2)c1ccc(CC2CCCC2=O)cc1. The zero-order valence-corrected chi connectivity index (χ0v) is 18.1. The zero-order valence-electron chi connectivity index (χ0n) is 18.1. The van der Waals surface area contributed by atoms with Gasteiger partial charge in [-0.15, -0.1) is 0 Å². The minimum atomic E-state index is -0.195. The zero-order chi connectivity index (χ0) is 21.5. The third-order valence-corrected chi connectivity index (χ3v) is 7.55. The van der Waals surface area contributed by atoms with Gasteiger partial charge in [-0.1, -0.05) is 30.3 Å². The first-order valence-corrected chi connectivity index (χ1v) is 11.6. The number of amides is 1. The van der Waals surface area contributed by atoms with E-state index >= 15 is 0 Å². The molecule has 2 bridgehead atoms. The molecule has 31 heavy (non-hydrogen) atoms. The van der Waals surface area contributed by atoms with Crippen LogP contribution in [0.2, 0.25) is 0 Å². The quantitative estimate of drug-likeness (QED) is 0.764. The number of pyridine rings is 1. The second-order valence-electron chi connectivity index (χ2n) is 9.66. The van der Waals surface area contributed by atoms with Gasteiger partial charge in [0.25, 0.3) is 5.56 Å². The predicted octanol–water partition coefficient (Wildman–Crippen LogP) is 3.51. The van der Waals surface area contributed by atoms with E-state index in [0.29, 0.717) is 24.8 Å². The number of fused-ring (bicyclic) bond motifs is 4. The lowest BCUT2D eigenvalue weighted by Gasteiger charge is -2.43. The maximum absolute atomic E-state index is 13.3. The molecule has 3 aliphatic rings. The standard InChI is InChI=1S/C26H30N2O3/c1-17(20-10-8-18(9-11-20)12-21-4-2-6-24(21)29)26(31)27-14-19-13-22(16-27)23-5-3-7-25(30)28(23)15-19/h3,5,7-11,17,19,21-22H,2,4,6,12-16H2,1H3/t17?,19-,21?,22+/m1/s1. The Morgan fingerprint density at radius 2 is 1.87 bits per heavy atom. The lowest BCUT2D eigenvalue weighted by molar-refractivity contribution is -0.135. The summed E-state index contributed by atoms with van der Waals surface area (Å²) in [6.45, 7) is 4.10. The Labute approximate surface area is 183 Å². The van der Waals surface area contributed by atoms with Crippen molar-refractivity contribution in [3.05, 3.63) is 69.6 Å². The van der Waals surface area contributed by atoms with Crippen molar-refractivity contribution in [2.45, 2.75) is 57.4 Å². The summed E-state index contributed by atoms with van der Waals surface area (Å²) in [6.07, 6.45) is 4.61. The van der Waals surface area contributed by atoms with Crippen LogP contribution in [0.25, 0.3) is 0 Å². The van der Waals surface area contributed by atoms with E-state index in [1.54, 1.807) is 6.07 Å². The van der Waals surface area contributed by atoms with Gasteiger partial charge in [0.15, 0.2) is 0 Å². The Hall–Kier alpha value is -2.69. The molecule has 162 valence electrons. The van der Waals surface area contributed by atoms with Crippen LogP contribution >= 0.6 is 0 Å². The Morgan fingerprint density at radius 1 is 1.06 bits per heavy atom. The van der Waals surface area contributed by atoms with Gasteiger partial charge in [-0.05, 0) is 55.7 Å². The van der Waals surface area contributed by atoms with E-state index in [1.165, 1.54) is 5.56 Å². The van der Waals surface area contributed by atoms with Gasteiger partial charge in [-0.3, -0.25) is 14.4 Å². The normalized spacial score (nSPS) is 25.9. The van der Waals surface area contributed by atoms with Crippen molar-refractivity contribution < 1.29 is 9.59 Å². The van der Waals surface area contributed by atoms with Crippen LogP contribution in [0.5, 0.6) is 0 Å². The molecule has 1 saturated heterocycles. The molecule has 1 aliphatic carbocycles. The van der Waals surface area contributed by atoms with Crippen molar-refractivity contribution in [1.29, 1.82) is 0 Å². The van der Waals surface area contributed by atoms with Crippen molar-refractivity contribution in [2.75, 3.05) is 13.1 Å². The summed E-state index contributed by atoms with van der Waals surface area (Å²) >= 11 is 0. The summed E-state index contributed by atoms with van der Waals surface area (Å²) in [5.41, 5.74) is 3.34. The fourth-order valence-corrected chi connectivity index (χ4v) is 5.82. The highest BCUT2D eigenvalue weighted by Crippen LogP contribution is 2.36. The Bertz CT molecular complexity index is 1060. The number of carbonyl (C=O) groups is 2. The fourth-order valence-electron chi connectivity index (χ4n) is 5.82. The summed E-state index contributed by atoms with van der Waals surface area (Å²) in [5.74, 6) is 1.12. The molecule has 4 atom stereocenters. The molecule has 5 rings (SSSR count). The van der Waals surface area contributed by atoms with Crippen LogP contribution < -0.4 is 5.56 Å². The first-order chi connectivity index (χ1) is 15.0. The van der Waals surface area contributed by atoms with E-state index in [0.717, 1.165) is 49.9 Å². The van der Waals surface area contributed by atoms with Gasteiger partial charge in [0, 0.05) is 49.7 Å². The number of Topliss-reactive ketones (excluding diaryl/α,β-unsaturated/α-hetero) is 1. The molecule has 2 aromatic rings. The van der Waals surface area contributed by atoms with Gasteiger partial charge >= 0.3 is 0 Å². The van der Waals surface area contributed by atoms with Crippen LogP contribution in [0.15, 0.2) is 47.3 Å². The summed E-state index contributed by atoms with van der Waals surface area (Å²) in [7, 11) is 0. The molecule has 2 unspecified atom stereocenters. The van der Waals surface area contributed by atoms with Crippen LogP contribution in [0.4, 0.5) is 0 Å². The number of likely N-dealkylation sites (tertiary alicyclic amines) is 1. The predicted molar refractivity (Wildman–Crippen MR) is 119 cm³/mol. The van der Waals surface area contributed by atoms with Crippen LogP contribution in [-0.2, 0) is 22.6 Å². The van der Waals surface area contributed by atoms with Crippen LogP contribution in [-0.4, -0.2) is 34.2 Å². The molecule has 1 aromatic heterocycles. The molecule has 5 heteroatoms. The Morgan fingerprint density at radius 3 is 2.61 bits per heavy atom. The number of piperidine rings is 1. The van der Waals surface area contributed by atoms with Crippen molar-refractivity contribution >= 4 is 11.7 Å². The number of ketones is 1. The molecular weight excluding hydrogens is 388 g/mol. The lowest BCUT2D eigenvalue weighted by atomic mass is 9.82. The first kappa shape index (κ1) is 20.2. The Balaban J connectivity index is 1.27. The maximum Gasteiger partial charge on any atom is 0.250 e. The van der Waals surface area contributed by atoms with Gasteiger partial charge in [0.1, 0.15) is 5.78 Å². The van der Waals surface area contributed by atoms with E-state index in [2.05, 4.69) is 24.3 Å². The minimum absolute atomic E-state index is 0.0692. The van der Waals surface area contributed by atoms with Crippen molar-refractivity contribution in [3.63, 3.8) is 0 Å². The van der Waals surface area contributed by atoms with Gasteiger partial charge in [0.2, 0.25) is 5.91 Å². The number of nitrogens with zero attached hydrogens (tertiary/aromatic N) is 2. The number of carbonyl (C=O) groups excluding carboxylic acids is 2. The van der Waals surface area contributed by atoms with E-state index in [-0.39, 0.29) is 29.2 Å². The second kappa shape index (κ2) is 8.10. The monoisotopic (exact) mass is 418 g/mol. The molecule has 1 saturated carbocycles. The average Bonchev–Trinajstić information content (AvgIpc) is 3.18. The minimum Gasteiger partial charge on any atom is -0.341 e. The largest absolute Gasteiger partial charge is 0.341 e. The van der Waals surface area contributed by atoms with E-state index < -0.39 is 0 Å². The summed E-state index contributed by atoms with van der Waals surface area (Å²) < 4.78 is 1.90. The van der Waals surface area contributed by atoms with Crippen LogP contribution in [0.1, 0.15) is 61.3 Å².